The van der Waals surface area contributed by atoms with Crippen molar-refractivity contribution in [1.82, 2.24) is 9.88 Å². The van der Waals surface area contributed by atoms with E-state index in [2.05, 4.69) is 29.0 Å². The first-order chi connectivity index (χ1) is 14.5. The van der Waals surface area contributed by atoms with Crippen molar-refractivity contribution in [3.05, 3.63) is 58.3 Å². The van der Waals surface area contributed by atoms with E-state index < -0.39 is 17.7 Å². The molecule has 0 radical (unpaired) electrons. The maximum absolute atomic E-state index is 13.9. The molecule has 0 saturated heterocycles. The molecule has 0 aliphatic rings. The molecule has 6 nitrogen and oxygen atoms in total. The lowest BCUT2D eigenvalue weighted by Gasteiger charge is -2.17. The third-order valence-corrected chi connectivity index (χ3v) is 5.92. The second-order valence-electron chi connectivity index (χ2n) is 6.73. The number of methoxy groups -OCH3 is 1. The number of carbonyl (C=O) groups is 2. The normalized spacial score (nSPS) is 11.1. The lowest BCUT2D eigenvalue weighted by Crippen LogP contribution is -2.22. The van der Waals surface area contributed by atoms with Crippen LogP contribution in [0.1, 0.15) is 34.8 Å². The third-order valence-electron chi connectivity index (χ3n) is 4.84. The lowest BCUT2D eigenvalue weighted by molar-refractivity contribution is -0.115. The summed E-state index contributed by atoms with van der Waals surface area (Å²) in [6.45, 7) is 6.69. The Balaban J connectivity index is 1.92. The van der Waals surface area contributed by atoms with Crippen LogP contribution in [0.5, 0.6) is 0 Å². The van der Waals surface area contributed by atoms with Gasteiger partial charge in [-0.1, -0.05) is 32.0 Å². The average molecular weight is 430 g/mol. The van der Waals surface area contributed by atoms with Crippen LogP contribution < -0.4 is 5.32 Å². The number of thiophene rings is 1. The molecule has 1 aromatic carbocycles. The van der Waals surface area contributed by atoms with Crippen LogP contribution in [-0.4, -0.2) is 42.0 Å². The maximum atomic E-state index is 13.9. The van der Waals surface area contributed by atoms with E-state index in [4.69, 9.17) is 4.74 Å². The van der Waals surface area contributed by atoms with Crippen molar-refractivity contribution in [2.75, 3.05) is 25.5 Å². The first kappa shape index (κ1) is 21.9. The summed E-state index contributed by atoms with van der Waals surface area (Å²) in [7, 11) is 1.29. The number of amides is 1. The van der Waals surface area contributed by atoms with Gasteiger partial charge in [0.05, 0.1) is 24.9 Å². The minimum Gasteiger partial charge on any atom is -0.465 e. The predicted molar refractivity (Wildman–Crippen MR) is 116 cm³/mol. The molecule has 3 rings (SSSR count). The first-order valence-corrected chi connectivity index (χ1v) is 10.5. The molecule has 0 unspecified atom stereocenters. The lowest BCUT2D eigenvalue weighted by atomic mass is 10.1. The van der Waals surface area contributed by atoms with E-state index >= 15 is 0 Å². The van der Waals surface area contributed by atoms with E-state index in [0.29, 0.717) is 22.4 Å². The quantitative estimate of drug-likeness (QED) is 0.542. The Morgan fingerprint density at radius 3 is 2.57 bits per heavy atom. The summed E-state index contributed by atoms with van der Waals surface area (Å²) in [6, 6.07) is 9.85. The molecular weight excluding hydrogens is 405 g/mol. The largest absolute Gasteiger partial charge is 0.465 e. The third kappa shape index (κ3) is 4.83. The summed E-state index contributed by atoms with van der Waals surface area (Å²) in [5, 5.41) is 3.42. The van der Waals surface area contributed by atoms with E-state index in [1.54, 1.807) is 18.2 Å². The highest BCUT2D eigenvalue weighted by Gasteiger charge is 2.22. The fourth-order valence-electron chi connectivity index (χ4n) is 3.14. The molecule has 3 aromatic rings. The minimum absolute atomic E-state index is 0.141. The second-order valence-corrected chi connectivity index (χ2v) is 7.73. The van der Waals surface area contributed by atoms with Gasteiger partial charge in [-0.2, -0.15) is 0 Å². The van der Waals surface area contributed by atoms with Crippen LogP contribution in [0.4, 0.5) is 10.1 Å². The molecule has 30 heavy (non-hydrogen) atoms. The molecule has 1 N–H and O–H groups in total. The van der Waals surface area contributed by atoms with Crippen LogP contribution in [0, 0.1) is 5.82 Å². The summed E-state index contributed by atoms with van der Waals surface area (Å²) < 4.78 is 18.8. The zero-order valence-electron chi connectivity index (χ0n) is 17.2. The monoisotopic (exact) mass is 429 g/mol. The Labute approximate surface area is 178 Å². The molecular formula is C22H24FN3O3S. The molecule has 1 amide bonds. The molecule has 2 aromatic heterocycles. The molecule has 0 saturated carbocycles. The standard InChI is InChI=1S/C22H24FN3O3S/c1-4-26(5-2)13-15-10-11-16-19(20(22(28)29-3)30-21(16)24-15)25-18(27)12-14-8-6-7-9-17(14)23/h6-11H,4-5,12-13H2,1-3H3,(H,25,27). The zero-order valence-corrected chi connectivity index (χ0v) is 18.0. The number of hydrogen-bond donors (Lipinski definition) is 1. The van der Waals surface area contributed by atoms with Crippen molar-refractivity contribution in [2.24, 2.45) is 0 Å². The van der Waals surface area contributed by atoms with Crippen LogP contribution >= 0.6 is 11.3 Å². The van der Waals surface area contributed by atoms with Gasteiger partial charge in [-0.3, -0.25) is 9.69 Å². The molecule has 0 fully saturated rings. The SMILES string of the molecule is CCN(CC)Cc1ccc2c(NC(=O)Cc3ccccc3F)c(C(=O)OC)sc2n1. The number of rotatable bonds is 8. The number of fused-ring (bicyclic) bond motifs is 1. The Morgan fingerprint density at radius 1 is 1.17 bits per heavy atom. The van der Waals surface area contributed by atoms with Gasteiger partial charge < -0.3 is 10.1 Å². The Kier molecular flexibility index (Phi) is 7.12. The van der Waals surface area contributed by atoms with Crippen molar-refractivity contribution in [3.8, 4) is 0 Å². The second kappa shape index (κ2) is 9.77. The smallest absolute Gasteiger partial charge is 0.350 e. The van der Waals surface area contributed by atoms with Gasteiger partial charge in [-0.15, -0.1) is 11.3 Å². The number of aromatic nitrogens is 1. The molecule has 158 valence electrons. The molecule has 0 aliphatic carbocycles. The van der Waals surface area contributed by atoms with Crippen LogP contribution in [0.25, 0.3) is 10.2 Å². The van der Waals surface area contributed by atoms with Gasteiger partial charge in [0.1, 0.15) is 15.5 Å². The minimum atomic E-state index is -0.551. The van der Waals surface area contributed by atoms with E-state index in [-0.39, 0.29) is 16.9 Å². The van der Waals surface area contributed by atoms with Gasteiger partial charge in [0.2, 0.25) is 5.91 Å². The highest BCUT2D eigenvalue weighted by molar-refractivity contribution is 7.21. The van der Waals surface area contributed by atoms with Crippen molar-refractivity contribution >= 4 is 39.1 Å². The molecule has 8 heteroatoms. The number of carbonyl (C=O) groups excluding carboxylic acids is 2. The van der Waals surface area contributed by atoms with E-state index in [1.807, 2.05) is 12.1 Å². The number of esters is 1. The Hall–Kier alpha value is -2.84. The van der Waals surface area contributed by atoms with Gasteiger partial charge in [-0.25, -0.2) is 14.2 Å². The van der Waals surface area contributed by atoms with Crippen LogP contribution in [0.15, 0.2) is 36.4 Å². The van der Waals surface area contributed by atoms with E-state index in [1.165, 1.54) is 24.5 Å². The summed E-state index contributed by atoms with van der Waals surface area (Å²) in [5.41, 5.74) is 1.52. The number of hydrogen-bond acceptors (Lipinski definition) is 6. The van der Waals surface area contributed by atoms with Crippen molar-refractivity contribution in [2.45, 2.75) is 26.8 Å². The molecule has 0 aliphatic heterocycles. The number of anilines is 1. The van der Waals surface area contributed by atoms with E-state index in [0.717, 1.165) is 18.8 Å². The molecule has 0 bridgehead atoms. The van der Waals surface area contributed by atoms with Gasteiger partial charge >= 0.3 is 5.97 Å². The number of halogens is 1. The van der Waals surface area contributed by atoms with Crippen LogP contribution in [-0.2, 0) is 22.5 Å². The number of nitrogens with one attached hydrogen (secondary N) is 1. The topological polar surface area (TPSA) is 71.5 Å². The van der Waals surface area contributed by atoms with Crippen LogP contribution in [0.2, 0.25) is 0 Å². The summed E-state index contributed by atoms with van der Waals surface area (Å²) in [6.07, 6.45) is -0.141. The van der Waals surface area contributed by atoms with Crippen molar-refractivity contribution < 1.29 is 18.7 Å². The molecule has 0 spiro atoms. The number of nitrogens with zero attached hydrogens (tertiary/aromatic N) is 2. The highest BCUT2D eigenvalue weighted by atomic mass is 32.1. The average Bonchev–Trinajstić information content (AvgIpc) is 3.10. The fourth-order valence-corrected chi connectivity index (χ4v) is 4.21. The highest BCUT2D eigenvalue weighted by Crippen LogP contribution is 2.35. The summed E-state index contributed by atoms with van der Waals surface area (Å²) >= 11 is 1.17. The first-order valence-electron chi connectivity index (χ1n) is 9.73. The fraction of sp³-hybridized carbons (Fsp3) is 0.318. The maximum Gasteiger partial charge on any atom is 0.350 e. The molecule has 0 atom stereocenters. The van der Waals surface area contributed by atoms with E-state index in [9.17, 15) is 14.0 Å². The van der Waals surface area contributed by atoms with Gasteiger partial charge in [0.25, 0.3) is 0 Å². The van der Waals surface area contributed by atoms with Crippen LogP contribution in [0.3, 0.4) is 0 Å². The predicted octanol–water partition coefficient (Wildman–Crippen LogP) is 4.25. The number of pyridine rings is 1. The summed E-state index contributed by atoms with van der Waals surface area (Å²) in [5.74, 6) is -1.42. The zero-order chi connectivity index (χ0) is 21.7. The Morgan fingerprint density at radius 2 is 1.90 bits per heavy atom. The van der Waals surface area contributed by atoms with Crippen molar-refractivity contribution in [3.63, 3.8) is 0 Å². The van der Waals surface area contributed by atoms with Crippen molar-refractivity contribution in [1.29, 1.82) is 0 Å². The van der Waals surface area contributed by atoms with Gasteiger partial charge in [-0.05, 0) is 36.9 Å². The summed E-state index contributed by atoms with van der Waals surface area (Å²) in [4.78, 5) is 32.7. The Bertz CT molecular complexity index is 1060. The van der Waals surface area contributed by atoms with Gasteiger partial charge in [0.15, 0.2) is 0 Å². The number of ether oxygens (including phenoxy) is 1. The van der Waals surface area contributed by atoms with Gasteiger partial charge in [0, 0.05) is 11.9 Å². The number of benzene rings is 1. The molecule has 2 heterocycles.